The number of nitrogens with one attached hydrogen (secondary N) is 1. The number of methoxy groups -OCH3 is 2. The number of hydrogen-bond donors (Lipinski definition) is 3. The molecule has 0 aromatic heterocycles. The van der Waals surface area contributed by atoms with Crippen LogP contribution in [0.15, 0.2) is 60.1 Å². The van der Waals surface area contributed by atoms with Crippen molar-refractivity contribution < 1.29 is 28.9 Å². The van der Waals surface area contributed by atoms with Gasteiger partial charge in [-0.1, -0.05) is 30.3 Å². The SMILES string of the molecule is C=C(N=C(OC)/C(=C\N)c1ccc(CCNC(=O)c2ccc3c4c2O[C@H]2C(=O)CC[C@@]5(O)[C@@H](C3)N(C)CC[C@]425)cc1)OC. The largest absolute Gasteiger partial charge is 0.481 e. The Balaban J connectivity index is 1.18. The van der Waals surface area contributed by atoms with E-state index in [-0.39, 0.29) is 35.9 Å². The first kappa shape index (κ1) is 28.9. The molecule has 10 nitrogen and oxygen atoms in total. The lowest BCUT2D eigenvalue weighted by Gasteiger charge is -2.62. The maximum atomic E-state index is 13.5. The van der Waals surface area contributed by atoms with E-state index in [1.807, 2.05) is 37.4 Å². The molecule has 4 aliphatic rings. The summed E-state index contributed by atoms with van der Waals surface area (Å²) in [6.07, 6.45) is 3.24. The molecule has 2 aromatic carbocycles. The first-order valence-corrected chi connectivity index (χ1v) is 14.6. The van der Waals surface area contributed by atoms with Gasteiger partial charge >= 0.3 is 0 Å². The van der Waals surface area contributed by atoms with Gasteiger partial charge in [-0.15, -0.1) is 0 Å². The lowest BCUT2D eigenvalue weighted by molar-refractivity contribution is -0.185. The predicted molar refractivity (Wildman–Crippen MR) is 162 cm³/mol. The Morgan fingerprint density at radius 2 is 2.00 bits per heavy atom. The highest BCUT2D eigenvalue weighted by atomic mass is 16.5. The van der Waals surface area contributed by atoms with E-state index in [9.17, 15) is 14.7 Å². The molecule has 1 saturated heterocycles. The Kier molecular flexibility index (Phi) is 7.30. The van der Waals surface area contributed by atoms with Crippen LogP contribution in [0.25, 0.3) is 5.57 Å². The fraction of sp³-hybridized carbons (Fsp3) is 0.424. The second-order valence-corrected chi connectivity index (χ2v) is 11.8. The van der Waals surface area contributed by atoms with Crippen molar-refractivity contribution in [3.8, 4) is 5.75 Å². The van der Waals surface area contributed by atoms with Crippen LogP contribution >= 0.6 is 0 Å². The second-order valence-electron chi connectivity index (χ2n) is 11.8. The van der Waals surface area contributed by atoms with Gasteiger partial charge < -0.3 is 35.3 Å². The standard InChI is InChI=1S/C33H38N4O6/c1-19(41-3)36-31(42-4)24(18-34)21-7-5-20(6-8-21)12-15-35-30(39)23-10-9-22-17-26-33(40)13-11-25(38)29-32(33,14-16-37(26)2)27(22)28(23)43-29/h5-10,18,26,29,40H,1,11-17,34H2,2-4H3,(H,35,39)/b24-18-,36-31?/t26-,29+,32+,33-/m1/s1. The first-order chi connectivity index (χ1) is 20.7. The number of ketones is 1. The van der Waals surface area contributed by atoms with Crippen LogP contribution in [0, 0.1) is 0 Å². The van der Waals surface area contributed by atoms with Crippen molar-refractivity contribution in [1.29, 1.82) is 0 Å². The van der Waals surface area contributed by atoms with E-state index in [0.717, 1.165) is 28.8 Å². The smallest absolute Gasteiger partial charge is 0.255 e. The molecule has 2 aliphatic heterocycles. The van der Waals surface area contributed by atoms with Crippen molar-refractivity contribution in [2.75, 3.05) is 34.4 Å². The zero-order chi connectivity index (χ0) is 30.5. The van der Waals surface area contributed by atoms with Gasteiger partial charge in [0.15, 0.2) is 11.9 Å². The average Bonchev–Trinajstić information content (AvgIpc) is 3.37. The Bertz CT molecular complexity index is 1550. The highest BCUT2D eigenvalue weighted by Crippen LogP contribution is 2.63. The minimum atomic E-state index is -1.06. The number of rotatable bonds is 8. The van der Waals surface area contributed by atoms with Crippen molar-refractivity contribution in [1.82, 2.24) is 10.2 Å². The van der Waals surface area contributed by atoms with Crippen LogP contribution in [0.5, 0.6) is 5.75 Å². The zero-order valence-corrected chi connectivity index (χ0v) is 24.8. The van der Waals surface area contributed by atoms with E-state index in [4.69, 9.17) is 19.9 Å². The molecule has 226 valence electrons. The Morgan fingerprint density at radius 1 is 1.23 bits per heavy atom. The van der Waals surface area contributed by atoms with E-state index in [1.165, 1.54) is 20.4 Å². The Morgan fingerprint density at radius 3 is 2.70 bits per heavy atom. The van der Waals surface area contributed by atoms with E-state index >= 15 is 0 Å². The van der Waals surface area contributed by atoms with Gasteiger partial charge in [-0.2, -0.15) is 4.99 Å². The van der Waals surface area contributed by atoms with Crippen LogP contribution in [-0.4, -0.2) is 79.7 Å². The number of Topliss-reactive ketones (excluding diaryl/α,β-unsaturated/α-hetero) is 1. The van der Waals surface area contributed by atoms with Gasteiger partial charge in [0.05, 0.1) is 36.4 Å². The summed E-state index contributed by atoms with van der Waals surface area (Å²) in [5.41, 5.74) is 8.75. The van der Waals surface area contributed by atoms with E-state index in [2.05, 4.69) is 21.8 Å². The number of benzene rings is 2. The van der Waals surface area contributed by atoms with Crippen molar-refractivity contribution in [2.24, 2.45) is 10.7 Å². The number of hydrogen-bond acceptors (Lipinski definition) is 9. The topological polar surface area (TPSA) is 136 Å². The van der Waals surface area contributed by atoms with Gasteiger partial charge in [-0.3, -0.25) is 9.59 Å². The fourth-order valence-electron chi connectivity index (χ4n) is 7.66. The van der Waals surface area contributed by atoms with Gasteiger partial charge in [0.2, 0.25) is 11.8 Å². The molecule has 1 spiro atoms. The summed E-state index contributed by atoms with van der Waals surface area (Å²) in [5.74, 6) is 0.691. The molecule has 1 amide bonds. The summed E-state index contributed by atoms with van der Waals surface area (Å²) in [7, 11) is 5.01. The first-order valence-electron chi connectivity index (χ1n) is 14.6. The maximum absolute atomic E-state index is 13.5. The van der Waals surface area contributed by atoms with Gasteiger partial charge in [0.25, 0.3) is 5.91 Å². The van der Waals surface area contributed by atoms with E-state index in [0.29, 0.717) is 49.1 Å². The molecule has 2 aromatic rings. The third-order valence-electron chi connectivity index (χ3n) is 9.81. The number of likely N-dealkylation sites (tertiary alicyclic amines) is 1. The molecule has 2 fully saturated rings. The van der Waals surface area contributed by atoms with Gasteiger partial charge in [0, 0.05) is 30.8 Å². The minimum absolute atomic E-state index is 0.00647. The Hall–Kier alpha value is -4.15. The number of likely N-dealkylation sites (N-methyl/N-ethyl adjacent to an activating group) is 1. The lowest BCUT2D eigenvalue weighted by Crippen LogP contribution is -2.76. The highest BCUT2D eigenvalue weighted by Gasteiger charge is 2.72. The van der Waals surface area contributed by atoms with Gasteiger partial charge in [-0.25, -0.2) is 0 Å². The summed E-state index contributed by atoms with van der Waals surface area (Å²) in [4.78, 5) is 33.1. The number of aliphatic imine (C=N–C) groups is 1. The minimum Gasteiger partial charge on any atom is -0.481 e. The van der Waals surface area contributed by atoms with Crippen molar-refractivity contribution in [2.45, 2.75) is 55.3 Å². The van der Waals surface area contributed by atoms with Crippen molar-refractivity contribution in [3.05, 3.63) is 82.9 Å². The fourth-order valence-corrected chi connectivity index (χ4v) is 7.66. The molecule has 0 unspecified atom stereocenters. The summed E-state index contributed by atoms with van der Waals surface area (Å²) in [5, 5.41) is 15.2. The third-order valence-corrected chi connectivity index (χ3v) is 9.81. The average molecular weight is 587 g/mol. The molecule has 2 aliphatic carbocycles. The number of nitrogens with zero attached hydrogens (tertiary/aromatic N) is 2. The second kappa shape index (κ2) is 10.8. The van der Waals surface area contributed by atoms with Crippen LogP contribution in [0.3, 0.4) is 0 Å². The van der Waals surface area contributed by atoms with Crippen LogP contribution in [0.4, 0.5) is 0 Å². The molecule has 0 radical (unpaired) electrons. The molecule has 4 atom stereocenters. The van der Waals surface area contributed by atoms with Crippen LogP contribution < -0.4 is 15.8 Å². The number of nitrogens with two attached hydrogens (primary N) is 1. The van der Waals surface area contributed by atoms with Crippen LogP contribution in [0.2, 0.25) is 0 Å². The monoisotopic (exact) mass is 586 g/mol. The predicted octanol–water partition coefficient (Wildman–Crippen LogP) is 2.47. The quantitative estimate of drug-likeness (QED) is 0.244. The van der Waals surface area contributed by atoms with E-state index < -0.39 is 17.1 Å². The number of piperidine rings is 1. The Labute approximate surface area is 251 Å². The molecular weight excluding hydrogens is 548 g/mol. The van der Waals surface area contributed by atoms with Crippen molar-refractivity contribution >= 4 is 23.2 Å². The highest BCUT2D eigenvalue weighted by molar-refractivity contribution is 6.19. The van der Waals surface area contributed by atoms with Crippen molar-refractivity contribution in [3.63, 3.8) is 0 Å². The molecule has 2 bridgehead atoms. The molecule has 43 heavy (non-hydrogen) atoms. The number of carbonyl (C=O) groups excluding carboxylic acids is 2. The van der Waals surface area contributed by atoms with E-state index in [1.54, 1.807) is 6.07 Å². The molecule has 6 rings (SSSR count). The van der Waals surface area contributed by atoms with Crippen LogP contribution in [0.1, 0.15) is 51.9 Å². The van der Waals surface area contributed by atoms with Crippen LogP contribution in [-0.2, 0) is 32.5 Å². The lowest BCUT2D eigenvalue weighted by atomic mass is 9.49. The molecule has 10 heteroatoms. The number of ether oxygens (including phenoxy) is 3. The number of aliphatic hydroxyl groups is 1. The summed E-state index contributed by atoms with van der Waals surface area (Å²) in [6.45, 7) is 4.86. The van der Waals surface area contributed by atoms with Gasteiger partial charge in [-0.05, 0) is 68.6 Å². The molecule has 2 heterocycles. The third kappa shape index (κ3) is 4.34. The molecular formula is C33H38N4O6. The number of amides is 1. The number of carbonyl (C=O) groups is 2. The maximum Gasteiger partial charge on any atom is 0.255 e. The zero-order valence-electron chi connectivity index (χ0n) is 24.8. The summed E-state index contributed by atoms with van der Waals surface area (Å²) < 4.78 is 16.8. The summed E-state index contributed by atoms with van der Waals surface area (Å²) in [6, 6.07) is 11.4. The normalized spacial score (nSPS) is 27.7. The van der Waals surface area contributed by atoms with Gasteiger partial charge in [0.1, 0.15) is 5.75 Å². The summed E-state index contributed by atoms with van der Waals surface area (Å²) >= 11 is 0. The molecule has 1 saturated carbocycles. The molecule has 4 N–H and O–H groups in total.